The monoisotopic (exact) mass is 1700 g/mol. The van der Waals surface area contributed by atoms with E-state index >= 15 is 9.59 Å². The van der Waals surface area contributed by atoms with Gasteiger partial charge in [0.05, 0.1) is 125 Å². The molecule has 0 spiro atoms. The van der Waals surface area contributed by atoms with Crippen molar-refractivity contribution >= 4 is 112 Å². The number of phenols is 1. The average molecular weight is 1710 g/mol. The van der Waals surface area contributed by atoms with Crippen molar-refractivity contribution in [2.24, 2.45) is 28.7 Å². The third-order valence-corrected chi connectivity index (χ3v) is 20.8. The molecule has 2 aliphatic heterocycles. The molecule has 118 heavy (non-hydrogen) atoms. The lowest BCUT2D eigenvalue weighted by molar-refractivity contribution is -0.142. The quantitative estimate of drug-likeness (QED) is 0.0275. The van der Waals surface area contributed by atoms with Crippen molar-refractivity contribution in [1.82, 2.24) is 58.1 Å². The van der Waals surface area contributed by atoms with Crippen LogP contribution in [0, 0.1) is 0 Å². The van der Waals surface area contributed by atoms with Crippen molar-refractivity contribution in [1.29, 1.82) is 0 Å². The van der Waals surface area contributed by atoms with Crippen molar-refractivity contribution < 1.29 is 115 Å². The van der Waals surface area contributed by atoms with Crippen LogP contribution in [0.5, 0.6) is 5.75 Å². The lowest BCUT2D eigenvalue weighted by Gasteiger charge is -2.31. The van der Waals surface area contributed by atoms with Crippen LogP contribution in [0.4, 0.5) is 0 Å². The van der Waals surface area contributed by atoms with Gasteiger partial charge in [0.2, 0.25) is 82.7 Å². The summed E-state index contributed by atoms with van der Waals surface area (Å²) in [6, 6.07) is 1.24. The van der Waals surface area contributed by atoms with Gasteiger partial charge in [-0.1, -0.05) is 42.5 Å². The number of nitrogens with two attached hydrogens (primary N) is 5. The molecule has 660 valence electrons. The van der Waals surface area contributed by atoms with Crippen molar-refractivity contribution in [3.63, 3.8) is 0 Å². The Kier molecular flexibility index (Phi) is 51.7. The normalized spacial score (nSPS) is 19.4. The number of ketones is 1. The summed E-state index contributed by atoms with van der Waals surface area (Å²) in [6.45, 7) is 3.65. The molecule has 42 heteroatoms. The zero-order valence-electron chi connectivity index (χ0n) is 67.0. The zero-order chi connectivity index (χ0) is 86.2. The van der Waals surface area contributed by atoms with Gasteiger partial charge in [-0.2, -0.15) is 23.5 Å². The van der Waals surface area contributed by atoms with Gasteiger partial charge in [-0.05, 0) is 87.6 Å². The van der Waals surface area contributed by atoms with E-state index in [9.17, 15) is 67.4 Å². The van der Waals surface area contributed by atoms with E-state index in [1.807, 2.05) is 0 Å². The van der Waals surface area contributed by atoms with Gasteiger partial charge < -0.3 is 130 Å². The highest BCUT2D eigenvalue weighted by Gasteiger charge is 2.41. The Balaban J connectivity index is 1.69. The Morgan fingerprint density at radius 1 is 0.525 bits per heavy atom. The fourth-order valence-electron chi connectivity index (χ4n) is 11.7. The molecule has 2 aliphatic rings. The number of nitrogens with zero attached hydrogens (tertiary/aromatic N) is 1. The second kappa shape index (κ2) is 60.3. The Morgan fingerprint density at radius 3 is 1.62 bits per heavy atom. The Morgan fingerprint density at radius 2 is 1.05 bits per heavy atom. The lowest BCUT2D eigenvalue weighted by Crippen LogP contribution is -2.61. The summed E-state index contributed by atoms with van der Waals surface area (Å²) in [5.41, 5.74) is 28.6. The summed E-state index contributed by atoms with van der Waals surface area (Å²) in [6.07, 6.45) is -0.371. The number of hydrogen-bond acceptors (Lipinski definition) is 28. The number of rotatable bonds is 54. The standard InChI is InChI=1S/C76H120N16O24S2/c1-109-26-27-111-30-31-113-34-35-115-38-39-116-37-36-114-33-32-112-29-28-110-25-9-13-52(93)12-7-14-54-47-117-48-60(85-68(100)46-83-67(99)45-82-66(98)43-78)74(106)89-58(41-51-17-19-53(94)20-18-51)72(104)88-57(40-50-10-3-2-4-11-50)71(103)86-56(21-22-63(79)95)70(102)90-59(42-64(80)96)73(105)91-61(49-118-54)76(108)92-24-8-16-62(92)75(107)87-55(15-5-6-23-77)69(101)84-44-65(81)97/h2-4,10-11,17-20,54-62,94H,5-9,12-16,21-49,77-78H2,1H3,(H2,79,95)(H2,80,96)(H2,81,97)(H,82,98)(H,83,99)(H,84,101)(H,85,100)(H,86,103)(H,87,107)(H,88,104)(H,89,106)(H,90,102)(H,91,105)/t54?,55-,56-,57-,58-,59-,60-,61-,62-/m0/s1. The number of phenolic OH excluding ortho intramolecular Hbond substituents is 1. The van der Waals surface area contributed by atoms with Gasteiger partial charge in [0, 0.05) is 74.9 Å². The van der Waals surface area contributed by atoms with Crippen LogP contribution < -0.4 is 81.8 Å². The number of amides is 14. The lowest BCUT2D eigenvalue weighted by atomic mass is 10.0. The number of methoxy groups -OCH3 is 1. The Bertz CT molecular complexity index is 3450. The molecule has 2 heterocycles. The summed E-state index contributed by atoms with van der Waals surface area (Å²) < 4.78 is 43.7. The second-order valence-corrected chi connectivity index (χ2v) is 29.9. The molecule has 14 amide bonds. The largest absolute Gasteiger partial charge is 0.508 e. The van der Waals surface area contributed by atoms with E-state index < -0.39 is 182 Å². The number of aromatic hydroxyl groups is 1. The zero-order valence-corrected chi connectivity index (χ0v) is 68.6. The number of hydrogen-bond donors (Lipinski definition) is 16. The summed E-state index contributed by atoms with van der Waals surface area (Å²) in [5.74, 6) is -13.8. The summed E-state index contributed by atoms with van der Waals surface area (Å²) in [5, 5.41) is 35.0. The highest BCUT2D eigenvalue weighted by Crippen LogP contribution is 2.27. The minimum absolute atomic E-state index is 0.0540. The van der Waals surface area contributed by atoms with E-state index in [0.29, 0.717) is 110 Å². The van der Waals surface area contributed by atoms with Crippen molar-refractivity contribution in [2.45, 2.75) is 150 Å². The number of ether oxygens (including phenoxy) is 8. The number of nitrogens with one attached hydrogen (secondary N) is 10. The minimum atomic E-state index is -1.92. The van der Waals surface area contributed by atoms with E-state index in [4.69, 9.17) is 66.6 Å². The summed E-state index contributed by atoms with van der Waals surface area (Å²) in [4.78, 5) is 208. The smallest absolute Gasteiger partial charge is 0.246 e. The Hall–Kier alpha value is -9.21. The summed E-state index contributed by atoms with van der Waals surface area (Å²) in [7, 11) is 1.61. The first-order valence-corrected chi connectivity index (χ1v) is 41.6. The average Bonchev–Trinajstić information content (AvgIpc) is 1.60. The molecule has 2 saturated heterocycles. The van der Waals surface area contributed by atoms with Gasteiger partial charge in [-0.15, -0.1) is 0 Å². The molecule has 2 fully saturated rings. The number of Topliss-reactive ketones (excluding diaryl/α,β-unsaturated/α-hetero) is 1. The van der Waals surface area contributed by atoms with Crippen LogP contribution >= 0.6 is 23.5 Å². The van der Waals surface area contributed by atoms with Gasteiger partial charge >= 0.3 is 0 Å². The van der Waals surface area contributed by atoms with Crippen LogP contribution in [0.1, 0.15) is 94.6 Å². The molecule has 1 unspecified atom stereocenters. The third-order valence-electron chi connectivity index (χ3n) is 18.0. The van der Waals surface area contributed by atoms with E-state index in [2.05, 4.69) is 53.2 Å². The number of carbonyl (C=O) groups is 15. The third kappa shape index (κ3) is 44.0. The number of thioether (sulfide) groups is 2. The van der Waals surface area contributed by atoms with Crippen LogP contribution in [0.15, 0.2) is 54.6 Å². The first-order valence-electron chi connectivity index (χ1n) is 39.3. The predicted octanol–water partition coefficient (Wildman–Crippen LogP) is -5.24. The van der Waals surface area contributed by atoms with Gasteiger partial charge in [0.25, 0.3) is 0 Å². The summed E-state index contributed by atoms with van der Waals surface area (Å²) >= 11 is 2.21. The van der Waals surface area contributed by atoms with Crippen LogP contribution in [0.25, 0.3) is 0 Å². The SMILES string of the molecule is COCCOCCOCCOCCOCCOCCOCCOCCCC(=O)CCCC1CSC[C@H](NC(=O)CNC(=O)CNC(=O)CN)C(=O)N[C@@H](Cc2ccc(O)cc2)C(=O)N[C@@H](Cc2ccccc2)C(=O)N[C@@H](CCC(N)=O)C(=O)N[C@@H](CC(N)=O)C(=O)N[C@H](C(=O)N2CCC[C@H]2C(=O)N[C@@H](CCCCN)C(=O)NCC(N)=O)CS1. The molecule has 0 bridgehead atoms. The van der Waals surface area contributed by atoms with E-state index in [0.717, 1.165) is 23.5 Å². The van der Waals surface area contributed by atoms with Gasteiger partial charge in [0.15, 0.2) is 0 Å². The van der Waals surface area contributed by atoms with Gasteiger partial charge in [-0.3, -0.25) is 71.9 Å². The van der Waals surface area contributed by atoms with Crippen LogP contribution in [0.3, 0.4) is 0 Å². The highest BCUT2D eigenvalue weighted by molar-refractivity contribution is 8.03. The maximum Gasteiger partial charge on any atom is 0.246 e. The molecule has 4 rings (SSSR count). The second-order valence-electron chi connectivity index (χ2n) is 27.4. The minimum Gasteiger partial charge on any atom is -0.508 e. The maximum atomic E-state index is 15.4. The number of benzene rings is 2. The molecule has 0 radical (unpaired) electrons. The Labute approximate surface area is 694 Å². The molecule has 0 aliphatic carbocycles. The number of likely N-dealkylation sites (tertiary alicyclic amines) is 1. The molecule has 9 atom stereocenters. The van der Waals surface area contributed by atoms with Crippen LogP contribution in [-0.2, 0) is 123 Å². The first kappa shape index (κ1) is 101. The van der Waals surface area contributed by atoms with Crippen molar-refractivity contribution in [3.8, 4) is 5.75 Å². The molecule has 40 nitrogen and oxygen atoms in total. The van der Waals surface area contributed by atoms with Crippen molar-refractivity contribution in [2.75, 3.05) is 163 Å². The van der Waals surface area contributed by atoms with E-state index in [1.54, 1.807) is 37.4 Å². The molecule has 2 aromatic rings. The van der Waals surface area contributed by atoms with Crippen LogP contribution in [-0.4, -0.2) is 315 Å². The highest BCUT2D eigenvalue weighted by atomic mass is 32.2. The first-order chi connectivity index (χ1) is 56.8. The molecular formula is C76H120N16O24S2. The fraction of sp³-hybridized carbons (Fsp3) is 0.645. The fourth-order valence-corrected chi connectivity index (χ4v) is 14.5. The van der Waals surface area contributed by atoms with Gasteiger partial charge in [0.1, 0.15) is 59.9 Å². The van der Waals surface area contributed by atoms with Gasteiger partial charge in [-0.25, -0.2) is 0 Å². The molecular weight excluding hydrogens is 1590 g/mol. The predicted molar refractivity (Wildman–Crippen MR) is 432 cm³/mol. The van der Waals surface area contributed by atoms with Crippen molar-refractivity contribution in [3.05, 3.63) is 65.7 Å². The number of unbranched alkanes of at least 4 members (excludes halogenated alkanes) is 1. The van der Waals surface area contributed by atoms with Crippen LogP contribution in [0.2, 0.25) is 0 Å². The molecule has 2 aromatic carbocycles. The van der Waals surface area contributed by atoms with E-state index in [-0.39, 0.29) is 119 Å². The topological polar surface area (TPSA) is 604 Å². The molecule has 0 aromatic heterocycles. The number of carbonyl (C=O) groups excluding carboxylic acids is 15. The van der Waals surface area contributed by atoms with E-state index in [1.165, 1.54) is 29.2 Å². The maximum absolute atomic E-state index is 15.4. The molecule has 0 saturated carbocycles. The number of primary amides is 3. The molecule has 21 N–H and O–H groups in total.